The van der Waals surface area contributed by atoms with Crippen molar-refractivity contribution in [3.05, 3.63) is 234 Å². The summed E-state index contributed by atoms with van der Waals surface area (Å²) < 4.78 is 14.1. The molecule has 2 aliphatic carbocycles. The van der Waals surface area contributed by atoms with Crippen molar-refractivity contribution in [2.75, 3.05) is 4.90 Å². The molecule has 0 aliphatic heterocycles. The topological polar surface area (TPSA) is 29.5 Å². The maximum absolute atomic E-state index is 7.27. The highest BCUT2D eigenvalue weighted by molar-refractivity contribution is 6.17. The molecule has 0 saturated heterocycles. The van der Waals surface area contributed by atoms with Gasteiger partial charge in [-0.3, -0.25) is 0 Å². The zero-order valence-corrected chi connectivity index (χ0v) is 33.8. The molecule has 0 saturated carbocycles. The molecule has 0 spiro atoms. The van der Waals surface area contributed by atoms with Crippen molar-refractivity contribution in [3.63, 3.8) is 0 Å². The third kappa shape index (κ3) is 4.53. The Morgan fingerprint density at radius 1 is 0.377 bits per heavy atom. The molecule has 0 unspecified atom stereocenters. The molecule has 3 nitrogen and oxygen atoms in total. The molecule has 9 aromatic carbocycles. The number of fused-ring (bicyclic) bond motifs is 12. The SMILES string of the molecule is CC1(C)c2ccccc2-c2ccc(N(c3cccc4c3oc3ccccc34)c3cccc4oc5c(C6(c7ccccc7)c7ccccc7-c7ccccc76)cccc5c34)cc21. The van der Waals surface area contributed by atoms with E-state index < -0.39 is 5.41 Å². The van der Waals surface area contributed by atoms with Crippen molar-refractivity contribution < 1.29 is 8.83 Å². The van der Waals surface area contributed by atoms with Crippen LogP contribution in [0.25, 0.3) is 66.1 Å². The Morgan fingerprint density at radius 2 is 0.918 bits per heavy atom. The Balaban J connectivity index is 1.12. The fourth-order valence-corrected chi connectivity index (χ4v) is 11.1. The van der Waals surface area contributed by atoms with Crippen LogP contribution in [0.15, 0.2) is 209 Å². The fourth-order valence-electron chi connectivity index (χ4n) is 11.1. The minimum atomic E-state index is -0.609. The molecule has 11 aromatic rings. The molecule has 61 heavy (non-hydrogen) atoms. The number of hydrogen-bond acceptors (Lipinski definition) is 3. The van der Waals surface area contributed by atoms with E-state index in [2.05, 4.69) is 213 Å². The summed E-state index contributed by atoms with van der Waals surface area (Å²) in [6, 6.07) is 72.7. The van der Waals surface area contributed by atoms with Gasteiger partial charge < -0.3 is 13.7 Å². The zero-order valence-electron chi connectivity index (χ0n) is 33.8. The van der Waals surface area contributed by atoms with Gasteiger partial charge >= 0.3 is 0 Å². The summed E-state index contributed by atoms with van der Waals surface area (Å²) in [6.07, 6.45) is 0. The molecule has 288 valence electrons. The Kier molecular flexibility index (Phi) is 6.99. The molecule has 0 atom stereocenters. The third-order valence-corrected chi connectivity index (χ3v) is 13.8. The number of anilines is 3. The summed E-state index contributed by atoms with van der Waals surface area (Å²) in [4.78, 5) is 2.40. The van der Waals surface area contributed by atoms with Crippen LogP contribution in [0.3, 0.4) is 0 Å². The highest BCUT2D eigenvalue weighted by Gasteiger charge is 2.47. The molecular formula is C58H39NO2. The number of para-hydroxylation sites is 3. The van der Waals surface area contributed by atoms with Crippen LogP contribution in [0, 0.1) is 0 Å². The first-order chi connectivity index (χ1) is 30.0. The predicted octanol–water partition coefficient (Wildman–Crippen LogP) is 15.6. The standard InChI is InChI=1S/C58H39NO2/c1-57(2)45-25-10-6-19-38(45)41-34-33-37(35-49(41)57)59(51-30-15-23-43-42-22-9-13-31-52(42)60-56(43)51)50-29-16-32-53-54(50)44-24-14-28-48(55(44)61-53)58(36-17-4-3-5-18-36)46-26-11-7-20-39(46)40-21-8-12-27-47(40)58/h3-35H,1-2H3. The molecule has 0 fully saturated rings. The summed E-state index contributed by atoms with van der Waals surface area (Å²) in [5.41, 5.74) is 18.3. The van der Waals surface area contributed by atoms with E-state index in [9.17, 15) is 0 Å². The van der Waals surface area contributed by atoms with E-state index in [1.54, 1.807) is 0 Å². The van der Waals surface area contributed by atoms with Crippen LogP contribution >= 0.6 is 0 Å². The van der Waals surface area contributed by atoms with Gasteiger partial charge in [0.1, 0.15) is 16.7 Å². The molecule has 3 heteroatoms. The van der Waals surface area contributed by atoms with E-state index in [1.165, 1.54) is 50.1 Å². The molecule has 13 rings (SSSR count). The van der Waals surface area contributed by atoms with Gasteiger partial charge in [-0.1, -0.05) is 178 Å². The summed E-state index contributed by atoms with van der Waals surface area (Å²) in [7, 11) is 0. The lowest BCUT2D eigenvalue weighted by atomic mass is 9.67. The number of nitrogens with zero attached hydrogens (tertiary/aromatic N) is 1. The van der Waals surface area contributed by atoms with E-state index in [-0.39, 0.29) is 5.41 Å². The average molecular weight is 782 g/mol. The van der Waals surface area contributed by atoms with Gasteiger partial charge in [0.15, 0.2) is 5.58 Å². The van der Waals surface area contributed by atoms with Gasteiger partial charge in [-0.05, 0) is 86.5 Å². The van der Waals surface area contributed by atoms with Crippen molar-refractivity contribution in [2.45, 2.75) is 24.7 Å². The van der Waals surface area contributed by atoms with Crippen LogP contribution in [0.4, 0.5) is 17.1 Å². The van der Waals surface area contributed by atoms with Crippen molar-refractivity contribution in [3.8, 4) is 22.3 Å². The average Bonchev–Trinajstić information content (AvgIpc) is 4.04. The van der Waals surface area contributed by atoms with Crippen LogP contribution in [0.1, 0.15) is 47.2 Å². The van der Waals surface area contributed by atoms with Crippen LogP contribution in [-0.4, -0.2) is 0 Å². The summed E-state index contributed by atoms with van der Waals surface area (Å²) in [5.74, 6) is 0. The maximum Gasteiger partial charge on any atom is 0.159 e. The second kappa shape index (κ2) is 12.5. The summed E-state index contributed by atoms with van der Waals surface area (Å²) in [5, 5.41) is 4.31. The Labute approximate surface area is 353 Å². The molecule has 0 N–H and O–H groups in total. The smallest absolute Gasteiger partial charge is 0.159 e. The quantitative estimate of drug-likeness (QED) is 0.174. The predicted molar refractivity (Wildman–Crippen MR) is 251 cm³/mol. The molecule has 2 heterocycles. The van der Waals surface area contributed by atoms with Crippen molar-refractivity contribution in [1.82, 2.24) is 0 Å². The van der Waals surface area contributed by atoms with E-state index in [0.717, 1.165) is 66.5 Å². The number of rotatable bonds is 5. The van der Waals surface area contributed by atoms with Crippen molar-refractivity contribution >= 4 is 60.9 Å². The summed E-state index contributed by atoms with van der Waals surface area (Å²) >= 11 is 0. The van der Waals surface area contributed by atoms with Gasteiger partial charge in [0.25, 0.3) is 0 Å². The second-order valence-corrected chi connectivity index (χ2v) is 17.1. The van der Waals surface area contributed by atoms with Gasteiger partial charge in [-0.15, -0.1) is 0 Å². The molecule has 2 aromatic heterocycles. The van der Waals surface area contributed by atoms with Crippen LogP contribution in [-0.2, 0) is 10.8 Å². The lowest BCUT2D eigenvalue weighted by Gasteiger charge is -2.33. The minimum absolute atomic E-state index is 0.179. The molecule has 0 amide bonds. The van der Waals surface area contributed by atoms with Crippen LogP contribution in [0.5, 0.6) is 0 Å². The van der Waals surface area contributed by atoms with E-state index in [0.29, 0.717) is 0 Å². The Morgan fingerprint density at radius 3 is 1.70 bits per heavy atom. The lowest BCUT2D eigenvalue weighted by Crippen LogP contribution is -2.28. The number of hydrogen-bond donors (Lipinski definition) is 0. The molecule has 0 radical (unpaired) electrons. The molecule has 0 bridgehead atoms. The van der Waals surface area contributed by atoms with Crippen molar-refractivity contribution in [2.24, 2.45) is 0 Å². The highest BCUT2D eigenvalue weighted by Crippen LogP contribution is 2.58. The van der Waals surface area contributed by atoms with Gasteiger partial charge in [0, 0.05) is 32.8 Å². The van der Waals surface area contributed by atoms with Gasteiger partial charge in [0.2, 0.25) is 0 Å². The van der Waals surface area contributed by atoms with Gasteiger partial charge in [-0.2, -0.15) is 0 Å². The highest BCUT2D eigenvalue weighted by atomic mass is 16.3. The largest absolute Gasteiger partial charge is 0.456 e. The number of furan rings is 2. The fraction of sp³-hybridized carbons (Fsp3) is 0.0690. The first kappa shape index (κ1) is 34.3. The maximum atomic E-state index is 7.27. The van der Waals surface area contributed by atoms with Crippen molar-refractivity contribution in [1.29, 1.82) is 0 Å². The Bertz CT molecular complexity index is 3540. The van der Waals surface area contributed by atoms with Crippen LogP contribution in [0.2, 0.25) is 0 Å². The second-order valence-electron chi connectivity index (χ2n) is 17.1. The zero-order chi connectivity index (χ0) is 40.5. The Hall–Kier alpha value is -7.62. The van der Waals surface area contributed by atoms with Crippen LogP contribution < -0.4 is 4.90 Å². The molecule has 2 aliphatic rings. The normalized spacial score (nSPS) is 14.3. The first-order valence-corrected chi connectivity index (χ1v) is 21.2. The van der Waals surface area contributed by atoms with Gasteiger partial charge in [-0.25, -0.2) is 0 Å². The summed E-state index contributed by atoms with van der Waals surface area (Å²) in [6.45, 7) is 4.69. The lowest BCUT2D eigenvalue weighted by molar-refractivity contribution is 0.648. The van der Waals surface area contributed by atoms with E-state index in [1.807, 2.05) is 6.07 Å². The minimum Gasteiger partial charge on any atom is -0.456 e. The number of benzene rings is 9. The van der Waals surface area contributed by atoms with E-state index in [4.69, 9.17) is 8.83 Å². The van der Waals surface area contributed by atoms with E-state index >= 15 is 0 Å². The monoisotopic (exact) mass is 781 g/mol. The first-order valence-electron chi connectivity index (χ1n) is 21.2. The van der Waals surface area contributed by atoms with Gasteiger partial charge in [0.05, 0.1) is 22.2 Å². The molecular weight excluding hydrogens is 743 g/mol. The third-order valence-electron chi connectivity index (χ3n) is 13.8.